The molecule has 0 radical (unpaired) electrons. The fourth-order valence-electron chi connectivity index (χ4n) is 2.52. The fraction of sp³-hybridized carbons (Fsp3) is 0.500. The van der Waals surface area contributed by atoms with Crippen LogP contribution in [0.4, 0.5) is 4.39 Å². The first-order valence-electron chi connectivity index (χ1n) is 6.38. The van der Waals surface area contributed by atoms with Crippen molar-refractivity contribution in [2.45, 2.75) is 19.1 Å². The molecule has 0 aromatic heterocycles. The molecule has 1 heterocycles. The van der Waals surface area contributed by atoms with Crippen molar-refractivity contribution >= 4 is 5.97 Å². The van der Waals surface area contributed by atoms with Crippen molar-refractivity contribution in [3.05, 3.63) is 29.1 Å². The Labute approximate surface area is 116 Å². The van der Waals surface area contributed by atoms with Crippen LogP contribution in [0.3, 0.4) is 0 Å². The molecule has 5 nitrogen and oxygen atoms in total. The fourth-order valence-corrected chi connectivity index (χ4v) is 2.52. The predicted molar refractivity (Wildman–Crippen MR) is 70.2 cm³/mol. The Morgan fingerprint density at radius 1 is 1.50 bits per heavy atom. The van der Waals surface area contributed by atoms with Crippen molar-refractivity contribution in [3.8, 4) is 5.75 Å². The summed E-state index contributed by atoms with van der Waals surface area (Å²) in [4.78, 5) is 11.0. The normalized spacial score (nSPS) is 21.9. The molecule has 1 aromatic rings. The van der Waals surface area contributed by atoms with Crippen molar-refractivity contribution in [2.24, 2.45) is 5.92 Å². The van der Waals surface area contributed by atoms with E-state index in [2.05, 4.69) is 5.32 Å². The smallest absolute Gasteiger partial charge is 0.307 e. The molecule has 2 rings (SSSR count). The number of aliphatic carboxylic acids is 1. The van der Waals surface area contributed by atoms with Crippen LogP contribution in [-0.4, -0.2) is 31.8 Å². The number of hydrogen-bond acceptors (Lipinski definition) is 4. The van der Waals surface area contributed by atoms with Gasteiger partial charge in [0.1, 0.15) is 11.6 Å². The molecule has 2 N–H and O–H groups in total. The molecule has 110 valence electrons. The van der Waals surface area contributed by atoms with E-state index in [1.54, 1.807) is 12.1 Å². The third-order valence-electron chi connectivity index (χ3n) is 3.59. The summed E-state index contributed by atoms with van der Waals surface area (Å²) in [5, 5.41) is 12.0. The highest BCUT2D eigenvalue weighted by molar-refractivity contribution is 5.70. The first-order valence-corrected chi connectivity index (χ1v) is 6.38. The summed E-state index contributed by atoms with van der Waals surface area (Å²) >= 11 is 0. The van der Waals surface area contributed by atoms with E-state index in [-0.39, 0.29) is 12.6 Å². The Kier molecular flexibility index (Phi) is 4.57. The lowest BCUT2D eigenvalue weighted by atomic mass is 9.97. The molecule has 1 aliphatic rings. The Balaban J connectivity index is 2.29. The molecular formula is C14H18FNO4. The van der Waals surface area contributed by atoms with Crippen LogP contribution in [0.2, 0.25) is 0 Å². The van der Waals surface area contributed by atoms with Crippen molar-refractivity contribution in [3.63, 3.8) is 0 Å². The van der Waals surface area contributed by atoms with Crippen molar-refractivity contribution in [2.75, 3.05) is 20.8 Å². The lowest BCUT2D eigenvalue weighted by Crippen LogP contribution is -2.18. The second-order valence-electron chi connectivity index (χ2n) is 4.81. The van der Waals surface area contributed by atoms with Gasteiger partial charge in [0.05, 0.1) is 25.2 Å². The van der Waals surface area contributed by atoms with E-state index in [4.69, 9.17) is 14.6 Å². The van der Waals surface area contributed by atoms with Gasteiger partial charge in [-0.2, -0.15) is 0 Å². The Morgan fingerprint density at radius 2 is 2.25 bits per heavy atom. The first kappa shape index (κ1) is 14.7. The highest BCUT2D eigenvalue weighted by atomic mass is 19.1. The zero-order valence-corrected chi connectivity index (χ0v) is 11.5. The molecule has 0 aliphatic carbocycles. The van der Waals surface area contributed by atoms with Gasteiger partial charge in [0.15, 0.2) is 0 Å². The maximum atomic E-state index is 14.5. The average molecular weight is 283 g/mol. The van der Waals surface area contributed by atoms with Crippen molar-refractivity contribution in [1.82, 2.24) is 5.32 Å². The molecule has 2 unspecified atom stereocenters. The van der Waals surface area contributed by atoms with Gasteiger partial charge in [-0.3, -0.25) is 4.79 Å². The molecule has 1 saturated heterocycles. The molecule has 20 heavy (non-hydrogen) atoms. The molecule has 2 atom stereocenters. The van der Waals surface area contributed by atoms with Crippen molar-refractivity contribution < 1.29 is 23.8 Å². The van der Waals surface area contributed by atoms with Crippen LogP contribution in [0.1, 0.15) is 23.6 Å². The van der Waals surface area contributed by atoms with E-state index in [1.807, 2.05) is 0 Å². The largest absolute Gasteiger partial charge is 0.496 e. The number of rotatable bonds is 5. The molecule has 6 heteroatoms. The van der Waals surface area contributed by atoms with Gasteiger partial charge in [-0.1, -0.05) is 6.07 Å². The molecule has 0 amide bonds. The minimum absolute atomic E-state index is 0.109. The van der Waals surface area contributed by atoms with Gasteiger partial charge in [-0.05, 0) is 12.5 Å². The second kappa shape index (κ2) is 6.19. The van der Waals surface area contributed by atoms with E-state index < -0.39 is 17.7 Å². The van der Waals surface area contributed by atoms with E-state index >= 15 is 0 Å². The van der Waals surface area contributed by atoms with Gasteiger partial charge in [-0.15, -0.1) is 0 Å². The van der Waals surface area contributed by atoms with E-state index in [0.717, 1.165) is 0 Å². The third kappa shape index (κ3) is 2.76. The van der Waals surface area contributed by atoms with Crippen LogP contribution in [0, 0.1) is 11.7 Å². The van der Waals surface area contributed by atoms with Crippen LogP contribution in [0.25, 0.3) is 0 Å². The standard InChI is InChI=1S/C14H18FNO4/c1-19-7-10-12(20-2)4-3-9(13(10)15)11-5-8(6-16-11)14(17)18/h3-4,8,11,16H,5-7H2,1-2H3,(H,17,18). The molecule has 1 aromatic carbocycles. The molecule has 0 bridgehead atoms. The Morgan fingerprint density at radius 3 is 2.80 bits per heavy atom. The van der Waals surface area contributed by atoms with Gasteiger partial charge >= 0.3 is 5.97 Å². The third-order valence-corrected chi connectivity index (χ3v) is 3.59. The van der Waals surface area contributed by atoms with E-state index in [1.165, 1.54) is 14.2 Å². The SMILES string of the molecule is COCc1c(OC)ccc(C2CC(C(=O)O)CN2)c1F. The number of benzene rings is 1. The zero-order valence-electron chi connectivity index (χ0n) is 11.5. The molecular weight excluding hydrogens is 265 g/mol. The summed E-state index contributed by atoms with van der Waals surface area (Å²) in [7, 11) is 2.96. The highest BCUT2D eigenvalue weighted by Crippen LogP contribution is 2.33. The lowest BCUT2D eigenvalue weighted by molar-refractivity contribution is -0.141. The van der Waals surface area contributed by atoms with Gasteiger partial charge in [-0.25, -0.2) is 4.39 Å². The maximum Gasteiger partial charge on any atom is 0.307 e. The number of halogens is 1. The number of nitrogens with one attached hydrogen (secondary N) is 1. The van der Waals surface area contributed by atoms with Gasteiger partial charge in [0.25, 0.3) is 0 Å². The highest BCUT2D eigenvalue weighted by Gasteiger charge is 2.32. The van der Waals surface area contributed by atoms with Gasteiger partial charge in [0, 0.05) is 25.3 Å². The number of hydrogen-bond donors (Lipinski definition) is 2. The minimum Gasteiger partial charge on any atom is -0.496 e. The summed E-state index contributed by atoms with van der Waals surface area (Å²) < 4.78 is 24.7. The number of methoxy groups -OCH3 is 2. The van der Waals surface area contributed by atoms with Gasteiger partial charge in [0.2, 0.25) is 0 Å². The topological polar surface area (TPSA) is 67.8 Å². The molecule has 1 fully saturated rings. The Bertz CT molecular complexity index is 506. The maximum absolute atomic E-state index is 14.5. The summed E-state index contributed by atoms with van der Waals surface area (Å²) in [6.07, 6.45) is 0.380. The molecule has 0 saturated carbocycles. The molecule has 0 spiro atoms. The zero-order chi connectivity index (χ0) is 14.7. The van der Waals surface area contributed by atoms with Crippen LogP contribution >= 0.6 is 0 Å². The number of carboxylic acids is 1. The van der Waals surface area contributed by atoms with Crippen LogP contribution in [0.5, 0.6) is 5.75 Å². The number of carboxylic acid groups (broad SMARTS) is 1. The first-order chi connectivity index (χ1) is 9.58. The quantitative estimate of drug-likeness (QED) is 0.861. The van der Waals surface area contributed by atoms with Crippen LogP contribution in [-0.2, 0) is 16.1 Å². The summed E-state index contributed by atoms with van der Waals surface area (Å²) in [5.41, 5.74) is 0.815. The van der Waals surface area contributed by atoms with Gasteiger partial charge < -0.3 is 19.9 Å². The molecule has 1 aliphatic heterocycles. The van der Waals surface area contributed by atoms with E-state index in [9.17, 15) is 9.18 Å². The summed E-state index contributed by atoms with van der Waals surface area (Å²) in [6.45, 7) is 0.461. The second-order valence-corrected chi connectivity index (χ2v) is 4.81. The van der Waals surface area contributed by atoms with Crippen molar-refractivity contribution in [1.29, 1.82) is 0 Å². The minimum atomic E-state index is -0.856. The monoisotopic (exact) mass is 283 g/mol. The van der Waals surface area contributed by atoms with Crippen LogP contribution < -0.4 is 10.1 Å². The summed E-state index contributed by atoms with van der Waals surface area (Å²) in [6, 6.07) is 3.02. The number of carbonyl (C=O) groups is 1. The lowest BCUT2D eigenvalue weighted by Gasteiger charge is -2.16. The van der Waals surface area contributed by atoms with E-state index in [0.29, 0.717) is 29.8 Å². The average Bonchev–Trinajstić information content (AvgIpc) is 2.91. The predicted octanol–water partition coefficient (Wildman–Crippen LogP) is 1.72. The summed E-state index contributed by atoms with van der Waals surface area (Å²) in [5.74, 6) is -1.30. The number of ether oxygens (including phenoxy) is 2. The Hall–Kier alpha value is -1.66. The van der Waals surface area contributed by atoms with Crippen LogP contribution in [0.15, 0.2) is 12.1 Å².